The number of thiophene rings is 1. The zero-order chi connectivity index (χ0) is 19.4. The lowest BCUT2D eigenvalue weighted by Gasteiger charge is -2.36. The zero-order valence-electron chi connectivity index (χ0n) is 16.7. The number of rotatable bonds is 8. The van der Waals surface area contributed by atoms with E-state index < -0.39 is 0 Å². The Kier molecular flexibility index (Phi) is 6.71. The van der Waals surface area contributed by atoms with E-state index in [2.05, 4.69) is 23.8 Å². The maximum Gasteiger partial charge on any atom is 0.277 e. The van der Waals surface area contributed by atoms with Gasteiger partial charge in [-0.1, -0.05) is 32.3 Å². The Hall–Kier alpha value is -1.66. The highest BCUT2D eigenvalue weighted by Gasteiger charge is 2.42. The monoisotopic (exact) mass is 389 g/mol. The van der Waals surface area contributed by atoms with Gasteiger partial charge in [-0.25, -0.2) is 0 Å². The van der Waals surface area contributed by atoms with Crippen LogP contribution >= 0.6 is 11.3 Å². The van der Waals surface area contributed by atoms with E-state index in [-0.39, 0.29) is 11.8 Å². The van der Waals surface area contributed by atoms with Crippen LogP contribution in [0.4, 0.5) is 0 Å². The van der Waals surface area contributed by atoms with Crippen molar-refractivity contribution < 1.29 is 9.59 Å². The van der Waals surface area contributed by atoms with Gasteiger partial charge >= 0.3 is 0 Å². The topological polar surface area (TPSA) is 43.9 Å². The van der Waals surface area contributed by atoms with Gasteiger partial charge in [0.05, 0.1) is 5.57 Å². The summed E-state index contributed by atoms with van der Waals surface area (Å²) in [5.41, 5.74) is 1.21. The van der Waals surface area contributed by atoms with Crippen LogP contribution < -0.4 is 0 Å². The first-order valence-electron chi connectivity index (χ1n) is 10.1. The van der Waals surface area contributed by atoms with Gasteiger partial charge in [0, 0.05) is 24.5 Å². The molecule has 5 nitrogen and oxygen atoms in total. The van der Waals surface area contributed by atoms with Gasteiger partial charge < -0.3 is 9.80 Å². The summed E-state index contributed by atoms with van der Waals surface area (Å²) in [4.78, 5) is 33.2. The van der Waals surface area contributed by atoms with Gasteiger partial charge in [0.1, 0.15) is 5.70 Å². The predicted molar refractivity (Wildman–Crippen MR) is 110 cm³/mol. The van der Waals surface area contributed by atoms with Crippen molar-refractivity contribution in [2.24, 2.45) is 0 Å². The van der Waals surface area contributed by atoms with Gasteiger partial charge in [-0.3, -0.25) is 14.5 Å². The molecule has 6 heteroatoms. The second kappa shape index (κ2) is 9.02. The standard InChI is InChI=1S/C21H31N3O2S/c1-4-5-6-7-12-24-20(25)18(17-9-8-15-27-17)19(21(24)26)23(3)16-10-13-22(2)14-11-16/h8-9,15-16H,4-7,10-14H2,1-3H3. The van der Waals surface area contributed by atoms with Gasteiger partial charge in [-0.2, -0.15) is 0 Å². The summed E-state index contributed by atoms with van der Waals surface area (Å²) in [6, 6.07) is 4.21. The van der Waals surface area contributed by atoms with E-state index >= 15 is 0 Å². The number of hydrogen-bond donors (Lipinski definition) is 0. The van der Waals surface area contributed by atoms with Crippen LogP contribution in [-0.4, -0.2) is 66.3 Å². The molecule has 3 rings (SSSR count). The molecule has 0 N–H and O–H groups in total. The summed E-state index contributed by atoms with van der Waals surface area (Å²) >= 11 is 1.54. The SMILES string of the molecule is CCCCCCN1C(=O)C(c2cccs2)=C(N(C)C2CCN(C)CC2)C1=O. The lowest BCUT2D eigenvalue weighted by atomic mass is 10.0. The third-order valence-corrected chi connectivity index (χ3v) is 6.62. The Morgan fingerprint density at radius 3 is 2.52 bits per heavy atom. The van der Waals surface area contributed by atoms with Crippen LogP contribution in [0, 0.1) is 0 Å². The van der Waals surface area contributed by atoms with Crippen molar-refractivity contribution >= 4 is 28.7 Å². The molecule has 1 saturated heterocycles. The molecule has 0 saturated carbocycles. The molecule has 0 spiro atoms. The molecule has 0 atom stereocenters. The number of amides is 2. The maximum absolute atomic E-state index is 13.2. The fraction of sp³-hybridized carbons (Fsp3) is 0.619. The van der Waals surface area contributed by atoms with E-state index in [1.165, 1.54) is 16.2 Å². The average Bonchev–Trinajstić information content (AvgIpc) is 3.26. The predicted octanol–water partition coefficient (Wildman–Crippen LogP) is 3.43. The minimum Gasteiger partial charge on any atom is -0.366 e. The summed E-state index contributed by atoms with van der Waals surface area (Å²) in [5.74, 6) is -0.227. The number of likely N-dealkylation sites (tertiary alicyclic amines) is 1. The van der Waals surface area contributed by atoms with E-state index in [0.717, 1.165) is 56.5 Å². The minimum atomic E-state index is -0.117. The number of unbranched alkanes of at least 4 members (excludes halogenated alkanes) is 3. The van der Waals surface area contributed by atoms with Crippen molar-refractivity contribution in [3.8, 4) is 0 Å². The van der Waals surface area contributed by atoms with Crippen molar-refractivity contribution in [3.63, 3.8) is 0 Å². The first-order valence-corrected chi connectivity index (χ1v) is 11.0. The molecule has 2 aliphatic rings. The van der Waals surface area contributed by atoms with Crippen LogP contribution in [0.5, 0.6) is 0 Å². The lowest BCUT2D eigenvalue weighted by Crippen LogP contribution is -2.43. The molecule has 1 aromatic rings. The number of likely N-dealkylation sites (N-methyl/N-ethyl adjacent to an activating group) is 1. The molecular weight excluding hydrogens is 358 g/mol. The van der Waals surface area contributed by atoms with E-state index in [0.29, 0.717) is 23.9 Å². The Labute approximate surface area is 166 Å². The maximum atomic E-state index is 13.2. The molecular formula is C21H31N3O2S. The van der Waals surface area contributed by atoms with Crippen molar-refractivity contribution in [1.29, 1.82) is 0 Å². The zero-order valence-corrected chi connectivity index (χ0v) is 17.6. The Morgan fingerprint density at radius 2 is 1.89 bits per heavy atom. The second-order valence-electron chi connectivity index (χ2n) is 7.67. The fourth-order valence-corrected chi connectivity index (χ4v) is 4.76. The highest BCUT2D eigenvalue weighted by Crippen LogP contribution is 2.35. The molecule has 3 heterocycles. The van der Waals surface area contributed by atoms with Crippen molar-refractivity contribution in [3.05, 3.63) is 28.1 Å². The van der Waals surface area contributed by atoms with Crippen molar-refractivity contribution in [2.45, 2.75) is 51.5 Å². The van der Waals surface area contributed by atoms with Crippen molar-refractivity contribution in [1.82, 2.24) is 14.7 Å². The third kappa shape index (κ3) is 4.27. The van der Waals surface area contributed by atoms with Crippen molar-refractivity contribution in [2.75, 3.05) is 33.7 Å². The first-order chi connectivity index (χ1) is 13.0. The molecule has 1 aromatic heterocycles. The van der Waals surface area contributed by atoms with Crippen LogP contribution in [-0.2, 0) is 9.59 Å². The molecule has 2 aliphatic heterocycles. The van der Waals surface area contributed by atoms with Crippen LogP contribution in [0.2, 0.25) is 0 Å². The molecule has 1 fully saturated rings. The van der Waals surface area contributed by atoms with Gasteiger partial charge in [0.25, 0.3) is 11.8 Å². The molecule has 2 amide bonds. The van der Waals surface area contributed by atoms with Crippen LogP contribution in [0.1, 0.15) is 50.3 Å². The van der Waals surface area contributed by atoms with Gasteiger partial charge in [0.15, 0.2) is 0 Å². The Morgan fingerprint density at radius 1 is 1.15 bits per heavy atom. The minimum absolute atomic E-state index is 0.110. The van der Waals surface area contributed by atoms with E-state index in [1.807, 2.05) is 24.6 Å². The smallest absolute Gasteiger partial charge is 0.277 e. The number of nitrogens with zero attached hydrogens (tertiary/aromatic N) is 3. The normalized spacial score (nSPS) is 19.4. The molecule has 0 aliphatic carbocycles. The van der Waals surface area contributed by atoms with E-state index in [1.54, 1.807) is 0 Å². The van der Waals surface area contributed by atoms with E-state index in [9.17, 15) is 9.59 Å². The summed E-state index contributed by atoms with van der Waals surface area (Å²) < 4.78 is 0. The Bertz CT molecular complexity index is 690. The van der Waals surface area contributed by atoms with Gasteiger partial charge in [-0.05, 0) is 50.8 Å². The van der Waals surface area contributed by atoms with Gasteiger partial charge in [0.2, 0.25) is 0 Å². The van der Waals surface area contributed by atoms with E-state index in [4.69, 9.17) is 0 Å². The lowest BCUT2D eigenvalue weighted by molar-refractivity contribution is -0.137. The Balaban J connectivity index is 1.84. The van der Waals surface area contributed by atoms with Gasteiger partial charge in [-0.15, -0.1) is 11.3 Å². The molecule has 0 unspecified atom stereocenters. The molecule has 27 heavy (non-hydrogen) atoms. The highest BCUT2D eigenvalue weighted by molar-refractivity contribution is 7.11. The molecule has 148 valence electrons. The quantitative estimate of drug-likeness (QED) is 0.505. The number of carbonyl (C=O) groups is 2. The molecule has 0 radical (unpaired) electrons. The first kappa shape index (κ1) is 20.1. The highest BCUT2D eigenvalue weighted by atomic mass is 32.1. The third-order valence-electron chi connectivity index (χ3n) is 5.73. The van der Waals surface area contributed by atoms with Crippen LogP contribution in [0.25, 0.3) is 5.57 Å². The number of piperidine rings is 1. The number of hydrogen-bond acceptors (Lipinski definition) is 5. The van der Waals surface area contributed by atoms with Crippen LogP contribution in [0.15, 0.2) is 23.2 Å². The molecule has 0 aromatic carbocycles. The summed E-state index contributed by atoms with van der Waals surface area (Å²) in [6.07, 6.45) is 6.27. The fourth-order valence-electron chi connectivity index (χ4n) is 4.00. The number of imide groups is 1. The summed E-state index contributed by atoms with van der Waals surface area (Å²) in [6.45, 7) is 4.74. The largest absolute Gasteiger partial charge is 0.366 e. The molecule has 0 bridgehead atoms. The second-order valence-corrected chi connectivity index (χ2v) is 8.62. The average molecular weight is 390 g/mol. The summed E-state index contributed by atoms with van der Waals surface area (Å²) in [7, 11) is 4.12. The number of carbonyl (C=O) groups excluding carboxylic acids is 2. The van der Waals surface area contributed by atoms with Crippen LogP contribution in [0.3, 0.4) is 0 Å². The summed E-state index contributed by atoms with van der Waals surface area (Å²) in [5, 5.41) is 1.97.